The summed E-state index contributed by atoms with van der Waals surface area (Å²) in [5, 5.41) is 2.94. The fourth-order valence-corrected chi connectivity index (χ4v) is 4.30. The second kappa shape index (κ2) is 6.29. The van der Waals surface area contributed by atoms with Crippen LogP contribution in [0.3, 0.4) is 0 Å². The van der Waals surface area contributed by atoms with Gasteiger partial charge in [-0.1, -0.05) is 35.0 Å². The molecule has 0 bridgehead atoms. The lowest BCUT2D eigenvalue weighted by Gasteiger charge is -2.51. The molecule has 7 heteroatoms. The van der Waals surface area contributed by atoms with Gasteiger partial charge in [0.25, 0.3) is 0 Å². The SMILES string of the molecule is CC1(c2ccc(Br)cc2)CN(C(=O)N2CC[C@@H]3OCC(=O)N[C@@H]3C2)C1. The van der Waals surface area contributed by atoms with Gasteiger partial charge >= 0.3 is 6.03 Å². The number of ether oxygens (including phenoxy) is 1. The fourth-order valence-electron chi connectivity index (χ4n) is 4.04. The van der Waals surface area contributed by atoms with Crippen LogP contribution < -0.4 is 5.32 Å². The smallest absolute Gasteiger partial charge is 0.320 e. The first-order valence-electron chi connectivity index (χ1n) is 8.65. The normalized spacial score (nSPS) is 28.0. The van der Waals surface area contributed by atoms with E-state index in [1.807, 2.05) is 21.9 Å². The van der Waals surface area contributed by atoms with E-state index < -0.39 is 0 Å². The number of hydrogen-bond donors (Lipinski definition) is 1. The zero-order valence-corrected chi connectivity index (χ0v) is 15.8. The Labute approximate surface area is 155 Å². The van der Waals surface area contributed by atoms with E-state index in [-0.39, 0.29) is 36.1 Å². The molecule has 25 heavy (non-hydrogen) atoms. The van der Waals surface area contributed by atoms with Crippen molar-refractivity contribution in [2.24, 2.45) is 0 Å². The molecule has 0 radical (unpaired) electrons. The number of amides is 3. The van der Waals surface area contributed by atoms with E-state index in [0.29, 0.717) is 13.1 Å². The molecular weight excluding hydrogens is 386 g/mol. The van der Waals surface area contributed by atoms with Gasteiger partial charge in [-0.2, -0.15) is 0 Å². The van der Waals surface area contributed by atoms with E-state index >= 15 is 0 Å². The minimum Gasteiger partial charge on any atom is -0.366 e. The van der Waals surface area contributed by atoms with Crippen molar-refractivity contribution in [3.63, 3.8) is 0 Å². The lowest BCUT2D eigenvalue weighted by atomic mass is 9.76. The first kappa shape index (κ1) is 16.8. The summed E-state index contributed by atoms with van der Waals surface area (Å²) in [7, 11) is 0. The minimum absolute atomic E-state index is 0.0108. The van der Waals surface area contributed by atoms with Crippen LogP contribution >= 0.6 is 15.9 Å². The fraction of sp³-hybridized carbons (Fsp3) is 0.556. The molecule has 2 atom stereocenters. The first-order valence-corrected chi connectivity index (χ1v) is 9.45. The van der Waals surface area contributed by atoms with Crippen molar-refractivity contribution < 1.29 is 14.3 Å². The number of fused-ring (bicyclic) bond motifs is 1. The molecule has 3 saturated heterocycles. The third-order valence-electron chi connectivity index (χ3n) is 5.49. The van der Waals surface area contributed by atoms with Gasteiger partial charge in [-0.25, -0.2) is 4.79 Å². The zero-order chi connectivity index (χ0) is 17.6. The molecule has 0 saturated carbocycles. The van der Waals surface area contributed by atoms with Gasteiger partial charge in [-0.3, -0.25) is 4.79 Å². The molecule has 1 N–H and O–H groups in total. The number of likely N-dealkylation sites (tertiary alicyclic amines) is 2. The number of rotatable bonds is 1. The largest absolute Gasteiger partial charge is 0.366 e. The summed E-state index contributed by atoms with van der Waals surface area (Å²) >= 11 is 3.46. The number of urea groups is 1. The second-order valence-corrected chi connectivity index (χ2v) is 8.38. The Morgan fingerprint density at radius 1 is 1.28 bits per heavy atom. The average Bonchev–Trinajstić information content (AvgIpc) is 2.58. The van der Waals surface area contributed by atoms with Crippen LogP contribution in [0.1, 0.15) is 18.9 Å². The summed E-state index contributed by atoms with van der Waals surface area (Å²) in [4.78, 5) is 28.1. The van der Waals surface area contributed by atoms with Gasteiger partial charge in [0.15, 0.2) is 0 Å². The summed E-state index contributed by atoms with van der Waals surface area (Å²) in [6.45, 7) is 4.98. The van der Waals surface area contributed by atoms with Gasteiger partial charge in [-0.05, 0) is 24.1 Å². The number of carbonyl (C=O) groups excluding carboxylic acids is 2. The molecule has 134 valence electrons. The minimum atomic E-state index is -0.0951. The van der Waals surface area contributed by atoms with Gasteiger partial charge in [0.1, 0.15) is 6.61 Å². The van der Waals surface area contributed by atoms with Crippen LogP contribution in [0.25, 0.3) is 0 Å². The second-order valence-electron chi connectivity index (χ2n) is 7.46. The zero-order valence-electron chi connectivity index (χ0n) is 14.2. The summed E-state index contributed by atoms with van der Waals surface area (Å²) in [6.07, 6.45) is 0.806. The molecule has 0 aliphatic carbocycles. The van der Waals surface area contributed by atoms with Crippen LogP contribution in [0.4, 0.5) is 4.79 Å². The van der Waals surface area contributed by atoms with Crippen molar-refractivity contribution in [3.05, 3.63) is 34.3 Å². The van der Waals surface area contributed by atoms with Crippen LogP contribution in [-0.4, -0.2) is 66.7 Å². The average molecular weight is 408 g/mol. The molecule has 0 spiro atoms. The highest BCUT2D eigenvalue weighted by Gasteiger charge is 2.45. The molecule has 1 aromatic rings. The molecule has 4 rings (SSSR count). The number of carbonyl (C=O) groups is 2. The lowest BCUT2D eigenvalue weighted by Crippen LogP contribution is -2.66. The Morgan fingerprint density at radius 2 is 2.00 bits per heavy atom. The number of piperidine rings is 1. The quantitative estimate of drug-likeness (QED) is 0.770. The van der Waals surface area contributed by atoms with Gasteiger partial charge in [0.05, 0.1) is 12.1 Å². The van der Waals surface area contributed by atoms with Crippen molar-refractivity contribution >= 4 is 27.9 Å². The molecule has 3 amide bonds. The van der Waals surface area contributed by atoms with Gasteiger partial charge in [-0.15, -0.1) is 0 Å². The van der Waals surface area contributed by atoms with Crippen LogP contribution in [0.15, 0.2) is 28.7 Å². The standard InChI is InChI=1S/C18H22BrN3O3/c1-18(12-2-4-13(19)5-3-12)10-22(11-18)17(24)21-7-6-15-14(8-21)20-16(23)9-25-15/h2-5,14-15H,6-11H2,1H3,(H,20,23)/t14-,15+/m1/s1. The van der Waals surface area contributed by atoms with E-state index in [1.165, 1.54) is 5.56 Å². The third-order valence-corrected chi connectivity index (χ3v) is 6.01. The Kier molecular flexibility index (Phi) is 4.24. The summed E-state index contributed by atoms with van der Waals surface area (Å²) in [5.41, 5.74) is 1.27. The maximum atomic E-state index is 12.8. The molecule has 6 nitrogen and oxygen atoms in total. The van der Waals surface area contributed by atoms with Gasteiger partial charge in [0, 0.05) is 36.1 Å². The highest BCUT2D eigenvalue weighted by atomic mass is 79.9. The molecule has 3 aliphatic rings. The maximum absolute atomic E-state index is 12.8. The van der Waals surface area contributed by atoms with Crippen LogP contribution in [-0.2, 0) is 14.9 Å². The monoisotopic (exact) mass is 407 g/mol. The number of nitrogens with one attached hydrogen (secondary N) is 1. The van der Waals surface area contributed by atoms with Crippen LogP contribution in [0.5, 0.6) is 0 Å². The number of hydrogen-bond acceptors (Lipinski definition) is 3. The van der Waals surface area contributed by atoms with E-state index in [1.54, 1.807) is 0 Å². The predicted octanol–water partition coefficient (Wildman–Crippen LogP) is 1.73. The highest BCUT2D eigenvalue weighted by molar-refractivity contribution is 9.10. The number of halogens is 1. The number of nitrogens with zero attached hydrogens (tertiary/aromatic N) is 2. The molecule has 1 aromatic carbocycles. The summed E-state index contributed by atoms with van der Waals surface area (Å²) < 4.78 is 6.62. The third kappa shape index (κ3) is 3.15. The Balaban J connectivity index is 1.37. The summed E-state index contributed by atoms with van der Waals surface area (Å²) in [6, 6.07) is 8.30. The van der Waals surface area contributed by atoms with Gasteiger partial charge in [0.2, 0.25) is 5.91 Å². The van der Waals surface area contributed by atoms with E-state index in [9.17, 15) is 9.59 Å². The van der Waals surface area contributed by atoms with E-state index in [4.69, 9.17) is 4.74 Å². The lowest BCUT2D eigenvalue weighted by molar-refractivity contribution is -0.139. The maximum Gasteiger partial charge on any atom is 0.320 e. The van der Waals surface area contributed by atoms with Crippen molar-refractivity contribution in [1.82, 2.24) is 15.1 Å². The topological polar surface area (TPSA) is 61.9 Å². The Morgan fingerprint density at radius 3 is 2.72 bits per heavy atom. The summed E-state index contributed by atoms with van der Waals surface area (Å²) in [5.74, 6) is -0.0951. The number of morpholine rings is 1. The van der Waals surface area contributed by atoms with Crippen LogP contribution in [0, 0.1) is 0 Å². The Hall–Kier alpha value is -1.60. The molecule has 0 aromatic heterocycles. The predicted molar refractivity (Wildman–Crippen MR) is 96.3 cm³/mol. The first-order chi connectivity index (χ1) is 11.9. The molecule has 3 aliphatic heterocycles. The molecule has 3 fully saturated rings. The van der Waals surface area contributed by atoms with Crippen LogP contribution in [0.2, 0.25) is 0 Å². The van der Waals surface area contributed by atoms with Crippen molar-refractivity contribution in [1.29, 1.82) is 0 Å². The van der Waals surface area contributed by atoms with Gasteiger partial charge < -0.3 is 19.9 Å². The Bertz CT molecular complexity index is 687. The highest BCUT2D eigenvalue weighted by Crippen LogP contribution is 2.35. The number of benzene rings is 1. The van der Waals surface area contributed by atoms with E-state index in [2.05, 4.69) is 40.3 Å². The van der Waals surface area contributed by atoms with Crippen molar-refractivity contribution in [3.8, 4) is 0 Å². The van der Waals surface area contributed by atoms with E-state index in [0.717, 1.165) is 24.0 Å². The molecule has 0 unspecified atom stereocenters. The molecule has 3 heterocycles. The van der Waals surface area contributed by atoms with Crippen molar-refractivity contribution in [2.45, 2.75) is 30.9 Å². The molecular formula is C18H22BrN3O3. The van der Waals surface area contributed by atoms with Crippen molar-refractivity contribution in [2.75, 3.05) is 32.8 Å².